The topological polar surface area (TPSA) is 92.1 Å². The molecule has 0 aliphatic rings. The number of nitrogens with zero attached hydrogens (tertiary/aromatic N) is 2. The van der Waals surface area contributed by atoms with Crippen molar-refractivity contribution in [1.82, 2.24) is 4.98 Å². The molecule has 0 atom stereocenters. The summed E-state index contributed by atoms with van der Waals surface area (Å²) in [6, 6.07) is 15.9. The number of carbonyl (C=O) groups is 2. The molecule has 0 radical (unpaired) electrons. The summed E-state index contributed by atoms with van der Waals surface area (Å²) in [5, 5.41) is 11.8. The third-order valence-corrected chi connectivity index (χ3v) is 4.87. The van der Waals surface area contributed by atoms with Gasteiger partial charge in [-0.1, -0.05) is 30.3 Å². The molecule has 1 N–H and O–H groups in total. The zero-order chi connectivity index (χ0) is 21.0. The molecule has 0 saturated heterocycles. The first-order chi connectivity index (χ1) is 14.0. The summed E-state index contributed by atoms with van der Waals surface area (Å²) in [5.74, 6) is -2.07. The Morgan fingerprint density at radius 1 is 1.07 bits per heavy atom. The first kappa shape index (κ1) is 20.2. The zero-order valence-electron chi connectivity index (χ0n) is 15.1. The van der Waals surface area contributed by atoms with E-state index >= 15 is 0 Å². The van der Waals surface area contributed by atoms with Gasteiger partial charge in [0.05, 0.1) is 28.9 Å². The molecule has 3 rings (SSSR count). The summed E-state index contributed by atoms with van der Waals surface area (Å²) in [6.07, 6.45) is 0. The molecule has 0 aliphatic carbocycles. The minimum Gasteiger partial charge on any atom is -0.464 e. The minimum atomic E-state index is -0.707. The van der Waals surface area contributed by atoms with E-state index in [1.807, 2.05) is 0 Å². The Hall–Kier alpha value is -3.57. The molecule has 0 unspecified atom stereocenters. The number of hydrogen-bond donors (Lipinski definition) is 1. The molecule has 144 valence electrons. The van der Waals surface area contributed by atoms with Crippen LogP contribution in [0.4, 0.5) is 10.1 Å². The summed E-state index contributed by atoms with van der Waals surface area (Å²) in [5.41, 5.74) is 1.30. The highest BCUT2D eigenvalue weighted by Gasteiger charge is 2.19. The molecule has 29 heavy (non-hydrogen) atoms. The maximum atomic E-state index is 14.5. The SMILES string of the molecule is COC(=O)c1cccc(C(=O)Nc2c(F)ccc(-c3ccccc3C#N)c2Br)n1. The Labute approximate surface area is 174 Å². The van der Waals surface area contributed by atoms with Crippen LogP contribution in [0.3, 0.4) is 0 Å². The number of nitriles is 1. The van der Waals surface area contributed by atoms with Gasteiger partial charge < -0.3 is 10.1 Å². The second-order valence-corrected chi connectivity index (χ2v) is 6.59. The van der Waals surface area contributed by atoms with Crippen LogP contribution < -0.4 is 5.32 Å². The Bertz CT molecular complexity index is 1160. The number of methoxy groups -OCH3 is 1. The number of benzene rings is 2. The zero-order valence-corrected chi connectivity index (χ0v) is 16.7. The van der Waals surface area contributed by atoms with Crippen molar-refractivity contribution in [2.45, 2.75) is 0 Å². The standard InChI is InChI=1S/C21H13BrFN3O3/c1-29-21(28)17-8-4-7-16(25-17)20(27)26-19-15(23)10-9-14(18(19)22)13-6-3-2-5-12(13)11-24/h2-10H,1H3,(H,26,27). The van der Waals surface area contributed by atoms with E-state index in [4.69, 9.17) is 0 Å². The molecular weight excluding hydrogens is 441 g/mol. The van der Waals surface area contributed by atoms with E-state index in [1.54, 1.807) is 24.3 Å². The van der Waals surface area contributed by atoms with Gasteiger partial charge in [-0.25, -0.2) is 14.2 Å². The molecule has 2 aromatic carbocycles. The van der Waals surface area contributed by atoms with Gasteiger partial charge in [0.2, 0.25) is 0 Å². The fraction of sp³-hybridized carbons (Fsp3) is 0.0476. The van der Waals surface area contributed by atoms with Gasteiger partial charge in [-0.2, -0.15) is 5.26 Å². The molecule has 0 fully saturated rings. The highest BCUT2D eigenvalue weighted by molar-refractivity contribution is 9.10. The lowest BCUT2D eigenvalue weighted by Crippen LogP contribution is -2.17. The highest BCUT2D eigenvalue weighted by atomic mass is 79.9. The second-order valence-electron chi connectivity index (χ2n) is 5.80. The Morgan fingerprint density at radius 2 is 1.79 bits per heavy atom. The number of pyridine rings is 1. The second kappa shape index (κ2) is 8.63. The van der Waals surface area contributed by atoms with Crippen LogP contribution in [0.2, 0.25) is 0 Å². The molecule has 1 aromatic heterocycles. The lowest BCUT2D eigenvalue weighted by molar-refractivity contribution is 0.0594. The van der Waals surface area contributed by atoms with Crippen molar-refractivity contribution in [1.29, 1.82) is 5.26 Å². The summed E-state index contributed by atoms with van der Waals surface area (Å²) in [6.45, 7) is 0. The number of anilines is 1. The number of nitrogens with one attached hydrogen (secondary N) is 1. The van der Waals surface area contributed by atoms with Crippen molar-refractivity contribution in [3.05, 3.63) is 81.8 Å². The van der Waals surface area contributed by atoms with Gasteiger partial charge >= 0.3 is 5.97 Å². The van der Waals surface area contributed by atoms with E-state index in [9.17, 15) is 19.2 Å². The summed E-state index contributed by atoms with van der Waals surface area (Å²) < 4.78 is 19.3. The Balaban J connectivity index is 1.99. The molecule has 0 spiro atoms. The van der Waals surface area contributed by atoms with Crippen molar-refractivity contribution >= 4 is 33.5 Å². The van der Waals surface area contributed by atoms with E-state index in [0.717, 1.165) is 0 Å². The van der Waals surface area contributed by atoms with Crippen LogP contribution in [0.5, 0.6) is 0 Å². The number of hydrogen-bond acceptors (Lipinski definition) is 5. The lowest BCUT2D eigenvalue weighted by atomic mass is 10.00. The van der Waals surface area contributed by atoms with E-state index in [0.29, 0.717) is 16.7 Å². The van der Waals surface area contributed by atoms with Gasteiger partial charge in [0.1, 0.15) is 17.2 Å². The predicted octanol–water partition coefficient (Wildman–Crippen LogP) is 4.56. The fourth-order valence-electron chi connectivity index (χ4n) is 2.65. The Morgan fingerprint density at radius 3 is 2.52 bits per heavy atom. The van der Waals surface area contributed by atoms with Crippen LogP contribution in [0.1, 0.15) is 26.5 Å². The van der Waals surface area contributed by atoms with Crippen LogP contribution in [0.25, 0.3) is 11.1 Å². The van der Waals surface area contributed by atoms with Crippen molar-refractivity contribution in [3.8, 4) is 17.2 Å². The first-order valence-corrected chi connectivity index (χ1v) is 9.09. The smallest absolute Gasteiger partial charge is 0.356 e. The molecule has 0 saturated carbocycles. The normalized spacial score (nSPS) is 10.1. The largest absolute Gasteiger partial charge is 0.464 e. The minimum absolute atomic E-state index is 0.0450. The lowest BCUT2D eigenvalue weighted by Gasteiger charge is -2.13. The highest BCUT2D eigenvalue weighted by Crippen LogP contribution is 2.37. The van der Waals surface area contributed by atoms with E-state index in [-0.39, 0.29) is 21.5 Å². The number of aromatic nitrogens is 1. The predicted molar refractivity (Wildman–Crippen MR) is 108 cm³/mol. The fourth-order valence-corrected chi connectivity index (χ4v) is 3.28. The monoisotopic (exact) mass is 453 g/mol. The molecule has 1 heterocycles. The van der Waals surface area contributed by atoms with Crippen molar-refractivity contribution < 1.29 is 18.7 Å². The molecule has 0 aliphatic heterocycles. The molecule has 3 aromatic rings. The van der Waals surface area contributed by atoms with Crippen LogP contribution in [0, 0.1) is 17.1 Å². The number of halogens is 2. The van der Waals surface area contributed by atoms with Gasteiger partial charge in [-0.15, -0.1) is 0 Å². The molecule has 1 amide bonds. The van der Waals surface area contributed by atoms with Gasteiger partial charge in [0.25, 0.3) is 5.91 Å². The van der Waals surface area contributed by atoms with Crippen LogP contribution in [0.15, 0.2) is 59.1 Å². The van der Waals surface area contributed by atoms with Crippen LogP contribution in [-0.4, -0.2) is 24.0 Å². The maximum Gasteiger partial charge on any atom is 0.356 e. The van der Waals surface area contributed by atoms with Crippen molar-refractivity contribution in [2.24, 2.45) is 0 Å². The Kier molecular flexibility index (Phi) is 6.00. The van der Waals surface area contributed by atoms with Crippen LogP contribution in [-0.2, 0) is 4.74 Å². The first-order valence-electron chi connectivity index (χ1n) is 8.30. The number of amides is 1. The third-order valence-electron chi connectivity index (χ3n) is 4.04. The average molecular weight is 454 g/mol. The quantitative estimate of drug-likeness (QED) is 0.584. The number of ether oxygens (including phenoxy) is 1. The van der Waals surface area contributed by atoms with Gasteiger partial charge in [-0.3, -0.25) is 4.79 Å². The third kappa shape index (κ3) is 4.15. The molecule has 6 nitrogen and oxygen atoms in total. The summed E-state index contributed by atoms with van der Waals surface area (Å²) in [4.78, 5) is 28.1. The molecule has 0 bridgehead atoms. The van der Waals surface area contributed by atoms with E-state index in [1.165, 1.54) is 37.4 Å². The maximum absolute atomic E-state index is 14.5. The molecule has 8 heteroatoms. The van der Waals surface area contributed by atoms with E-state index in [2.05, 4.69) is 37.0 Å². The van der Waals surface area contributed by atoms with Crippen molar-refractivity contribution in [2.75, 3.05) is 12.4 Å². The summed E-state index contributed by atoms with van der Waals surface area (Å²) in [7, 11) is 1.20. The van der Waals surface area contributed by atoms with E-state index < -0.39 is 17.7 Å². The van der Waals surface area contributed by atoms with Gasteiger partial charge in [0, 0.05) is 5.56 Å². The number of carbonyl (C=O) groups excluding carboxylic acids is 2. The average Bonchev–Trinajstić information content (AvgIpc) is 2.76. The number of rotatable bonds is 4. The molecular formula is C21H13BrFN3O3. The van der Waals surface area contributed by atoms with Crippen molar-refractivity contribution in [3.63, 3.8) is 0 Å². The van der Waals surface area contributed by atoms with Crippen LogP contribution >= 0.6 is 15.9 Å². The van der Waals surface area contributed by atoms with Gasteiger partial charge in [0.15, 0.2) is 0 Å². The summed E-state index contributed by atoms with van der Waals surface area (Å²) >= 11 is 3.32. The number of esters is 1. The van der Waals surface area contributed by atoms with Gasteiger partial charge in [-0.05, 0) is 45.8 Å².